The van der Waals surface area contributed by atoms with Gasteiger partial charge in [0.1, 0.15) is 0 Å². The molecule has 1 aliphatic carbocycles. The van der Waals surface area contributed by atoms with Gasteiger partial charge in [0, 0.05) is 16.2 Å². The van der Waals surface area contributed by atoms with Gasteiger partial charge in [-0.15, -0.1) is 11.8 Å². The van der Waals surface area contributed by atoms with Crippen molar-refractivity contribution in [2.75, 3.05) is 0 Å². The molecule has 0 aromatic carbocycles. The van der Waals surface area contributed by atoms with Crippen molar-refractivity contribution in [1.29, 1.82) is 0 Å². The number of thioether (sulfide) groups is 1. The van der Waals surface area contributed by atoms with E-state index in [0.29, 0.717) is 5.25 Å². The van der Waals surface area contributed by atoms with Gasteiger partial charge in [0.15, 0.2) is 0 Å². The molecule has 2 unspecified atom stereocenters. The molecule has 2 fully saturated rings. The first-order valence-electron chi connectivity index (χ1n) is 8.38. The third-order valence-corrected chi connectivity index (χ3v) is 6.81. The molecule has 21 heavy (non-hydrogen) atoms. The third kappa shape index (κ3) is 2.61. The van der Waals surface area contributed by atoms with Crippen LogP contribution in [0.15, 0.2) is 24.7 Å². The Bertz CT molecular complexity index is 621. The Labute approximate surface area is 131 Å². The van der Waals surface area contributed by atoms with E-state index >= 15 is 0 Å². The van der Waals surface area contributed by atoms with Crippen LogP contribution in [0.2, 0.25) is 0 Å². The molecule has 112 valence electrons. The van der Waals surface area contributed by atoms with Gasteiger partial charge in [0.25, 0.3) is 0 Å². The van der Waals surface area contributed by atoms with Crippen LogP contribution in [0.25, 0.3) is 5.52 Å². The highest BCUT2D eigenvalue weighted by Crippen LogP contribution is 2.52. The molecule has 2 aromatic heterocycles. The van der Waals surface area contributed by atoms with E-state index in [9.17, 15) is 0 Å². The van der Waals surface area contributed by atoms with Crippen molar-refractivity contribution in [1.82, 2.24) is 9.38 Å². The molecular weight excluding hydrogens is 276 g/mol. The van der Waals surface area contributed by atoms with Crippen LogP contribution in [0, 0.1) is 12.8 Å². The Morgan fingerprint density at radius 1 is 1.24 bits per heavy atom. The first-order chi connectivity index (χ1) is 10.3. The van der Waals surface area contributed by atoms with Crippen LogP contribution in [-0.4, -0.2) is 14.6 Å². The van der Waals surface area contributed by atoms with Crippen molar-refractivity contribution >= 4 is 17.3 Å². The van der Waals surface area contributed by atoms with E-state index < -0.39 is 0 Å². The van der Waals surface area contributed by atoms with Crippen LogP contribution >= 0.6 is 11.8 Å². The molecule has 0 radical (unpaired) electrons. The fourth-order valence-electron chi connectivity index (χ4n) is 4.11. The second-order valence-corrected chi connectivity index (χ2v) is 8.32. The van der Waals surface area contributed by atoms with Crippen molar-refractivity contribution in [3.63, 3.8) is 0 Å². The number of imidazole rings is 1. The number of aryl methyl sites for hydroxylation is 1. The summed E-state index contributed by atoms with van der Waals surface area (Å²) in [5.74, 6) is 1.02. The molecule has 1 saturated heterocycles. The molecule has 2 aliphatic rings. The SMILES string of the molecule is Cc1ccc2cncn2c1C1CC(CC2CCCCC2)S1. The number of hydrogen-bond acceptors (Lipinski definition) is 2. The number of aromatic nitrogens is 2. The van der Waals surface area contributed by atoms with E-state index in [0.717, 1.165) is 11.2 Å². The van der Waals surface area contributed by atoms with E-state index in [2.05, 4.69) is 40.2 Å². The standard InChI is InChI=1S/C18H24N2S/c1-13-7-8-15-11-19-12-20(15)18(13)17-10-16(21-17)9-14-5-3-2-4-6-14/h7-8,11-12,14,16-17H,2-6,9-10H2,1H3. The summed E-state index contributed by atoms with van der Waals surface area (Å²) in [4.78, 5) is 4.31. The zero-order valence-electron chi connectivity index (χ0n) is 12.8. The van der Waals surface area contributed by atoms with Crippen molar-refractivity contribution in [3.8, 4) is 0 Å². The summed E-state index contributed by atoms with van der Waals surface area (Å²) in [5, 5.41) is 1.58. The zero-order chi connectivity index (χ0) is 14.2. The smallest absolute Gasteiger partial charge is 0.0994 e. The van der Waals surface area contributed by atoms with Crippen molar-refractivity contribution < 1.29 is 0 Å². The number of pyridine rings is 1. The molecule has 2 nitrogen and oxygen atoms in total. The van der Waals surface area contributed by atoms with Crippen molar-refractivity contribution in [2.24, 2.45) is 5.92 Å². The molecule has 0 N–H and O–H groups in total. The second kappa shape index (κ2) is 5.68. The average molecular weight is 300 g/mol. The number of nitrogens with zero attached hydrogens (tertiary/aromatic N) is 2. The predicted molar refractivity (Wildman–Crippen MR) is 89.9 cm³/mol. The Balaban J connectivity index is 1.44. The number of fused-ring (bicyclic) bond motifs is 1. The van der Waals surface area contributed by atoms with Crippen LogP contribution in [-0.2, 0) is 0 Å². The summed E-state index contributed by atoms with van der Waals surface area (Å²) >= 11 is 2.20. The van der Waals surface area contributed by atoms with Crippen LogP contribution in [0.1, 0.15) is 61.5 Å². The van der Waals surface area contributed by atoms with E-state index in [-0.39, 0.29) is 0 Å². The van der Waals surface area contributed by atoms with Gasteiger partial charge in [-0.25, -0.2) is 4.98 Å². The first kappa shape index (κ1) is 13.7. The minimum atomic E-state index is 0.677. The van der Waals surface area contributed by atoms with E-state index in [4.69, 9.17) is 0 Å². The van der Waals surface area contributed by atoms with Crippen molar-refractivity contribution in [2.45, 2.75) is 62.4 Å². The lowest BCUT2D eigenvalue weighted by atomic mass is 9.85. The summed E-state index contributed by atoms with van der Waals surface area (Å²) in [5.41, 5.74) is 4.12. The predicted octanol–water partition coefficient (Wildman–Crippen LogP) is 5.16. The molecule has 0 amide bonds. The van der Waals surface area contributed by atoms with E-state index in [1.807, 2.05) is 12.5 Å². The highest BCUT2D eigenvalue weighted by atomic mass is 32.2. The molecule has 1 aliphatic heterocycles. The molecule has 2 atom stereocenters. The van der Waals surface area contributed by atoms with Gasteiger partial charge >= 0.3 is 0 Å². The highest BCUT2D eigenvalue weighted by Gasteiger charge is 2.35. The molecule has 1 saturated carbocycles. The fraction of sp³-hybridized carbons (Fsp3) is 0.611. The average Bonchev–Trinajstić information content (AvgIpc) is 2.93. The molecule has 0 spiro atoms. The van der Waals surface area contributed by atoms with Gasteiger partial charge in [-0.1, -0.05) is 38.2 Å². The maximum Gasteiger partial charge on any atom is 0.0994 e. The maximum atomic E-state index is 4.31. The lowest BCUT2D eigenvalue weighted by Crippen LogP contribution is -2.25. The molecule has 3 heteroatoms. The molecule has 3 heterocycles. The zero-order valence-corrected chi connectivity index (χ0v) is 13.6. The van der Waals surface area contributed by atoms with E-state index in [1.165, 1.54) is 61.7 Å². The summed E-state index contributed by atoms with van der Waals surface area (Å²) < 4.78 is 2.30. The Kier molecular flexibility index (Phi) is 3.70. The Morgan fingerprint density at radius 3 is 2.86 bits per heavy atom. The largest absolute Gasteiger partial charge is 0.302 e. The van der Waals surface area contributed by atoms with Gasteiger partial charge in [0.2, 0.25) is 0 Å². The third-order valence-electron chi connectivity index (χ3n) is 5.29. The van der Waals surface area contributed by atoms with Crippen molar-refractivity contribution in [3.05, 3.63) is 35.9 Å². The van der Waals surface area contributed by atoms with Gasteiger partial charge in [-0.3, -0.25) is 0 Å². The summed E-state index contributed by atoms with van der Waals surface area (Å²) in [6, 6.07) is 4.43. The summed E-state index contributed by atoms with van der Waals surface area (Å²) in [6.07, 6.45) is 14.1. The van der Waals surface area contributed by atoms with Crippen LogP contribution in [0.4, 0.5) is 0 Å². The van der Waals surface area contributed by atoms with E-state index in [1.54, 1.807) is 0 Å². The van der Waals surface area contributed by atoms with Gasteiger partial charge in [-0.05, 0) is 37.3 Å². The van der Waals surface area contributed by atoms with Crippen LogP contribution < -0.4 is 0 Å². The number of rotatable bonds is 3. The summed E-state index contributed by atoms with van der Waals surface area (Å²) in [7, 11) is 0. The topological polar surface area (TPSA) is 17.3 Å². The molecule has 2 aromatic rings. The van der Waals surface area contributed by atoms with Gasteiger partial charge in [0.05, 0.1) is 18.0 Å². The maximum absolute atomic E-state index is 4.31. The normalized spacial score (nSPS) is 26.9. The van der Waals surface area contributed by atoms with Gasteiger partial charge < -0.3 is 4.40 Å². The summed E-state index contributed by atoms with van der Waals surface area (Å²) in [6.45, 7) is 2.24. The lowest BCUT2D eigenvalue weighted by Gasteiger charge is -2.38. The Hall–Kier alpha value is -0.960. The number of hydrogen-bond donors (Lipinski definition) is 0. The minimum absolute atomic E-state index is 0.677. The molecule has 0 bridgehead atoms. The van der Waals surface area contributed by atoms with Crippen LogP contribution in [0.5, 0.6) is 0 Å². The molecule has 4 rings (SSSR count). The fourth-order valence-corrected chi connectivity index (χ4v) is 5.67. The Morgan fingerprint density at radius 2 is 2.05 bits per heavy atom. The van der Waals surface area contributed by atoms with Crippen LogP contribution in [0.3, 0.4) is 0 Å². The minimum Gasteiger partial charge on any atom is -0.302 e. The second-order valence-electron chi connectivity index (χ2n) is 6.81. The van der Waals surface area contributed by atoms with Gasteiger partial charge in [-0.2, -0.15) is 0 Å². The first-order valence-corrected chi connectivity index (χ1v) is 9.32. The highest BCUT2D eigenvalue weighted by molar-refractivity contribution is 8.01. The quantitative estimate of drug-likeness (QED) is 0.779. The molecular formula is C18H24N2S. The monoisotopic (exact) mass is 300 g/mol. The lowest BCUT2D eigenvalue weighted by molar-refractivity contribution is 0.328.